The van der Waals surface area contributed by atoms with Crippen molar-refractivity contribution < 1.29 is 0 Å². The van der Waals surface area contributed by atoms with Crippen molar-refractivity contribution in [3.05, 3.63) is 53.9 Å². The van der Waals surface area contributed by atoms with Gasteiger partial charge in [-0.3, -0.25) is 0 Å². The smallest absolute Gasteiger partial charge is 0.160 e. The van der Waals surface area contributed by atoms with Gasteiger partial charge in [0, 0.05) is 36.8 Å². The molecule has 1 N–H and O–H groups in total. The number of benzene rings is 1. The average Bonchev–Trinajstić information content (AvgIpc) is 2.86. The van der Waals surface area contributed by atoms with Gasteiger partial charge in [0.2, 0.25) is 0 Å². The van der Waals surface area contributed by atoms with Crippen LogP contribution in [-0.4, -0.2) is 21.1 Å². The highest BCUT2D eigenvalue weighted by Crippen LogP contribution is 2.21. The summed E-state index contributed by atoms with van der Waals surface area (Å²) in [5, 5.41) is 7.99. The van der Waals surface area contributed by atoms with Gasteiger partial charge in [0.05, 0.1) is 11.4 Å². The molecule has 1 aliphatic heterocycles. The van der Waals surface area contributed by atoms with Crippen LogP contribution in [0.4, 0.5) is 0 Å². The zero-order valence-electron chi connectivity index (χ0n) is 10.5. The van der Waals surface area contributed by atoms with Crippen LogP contribution in [0.2, 0.25) is 0 Å². The summed E-state index contributed by atoms with van der Waals surface area (Å²) in [5.41, 5.74) is 5.54. The maximum atomic E-state index is 4.78. The molecule has 0 amide bonds. The van der Waals surface area contributed by atoms with Gasteiger partial charge in [-0.2, -0.15) is 5.10 Å². The van der Waals surface area contributed by atoms with E-state index in [2.05, 4.69) is 22.5 Å². The molecule has 0 bridgehead atoms. The van der Waals surface area contributed by atoms with Crippen LogP contribution in [0.5, 0.6) is 0 Å². The molecule has 0 aliphatic carbocycles. The largest absolute Gasteiger partial charge is 0.312 e. The first-order chi connectivity index (χ1) is 9.42. The van der Waals surface area contributed by atoms with Crippen molar-refractivity contribution in [2.24, 2.45) is 0 Å². The van der Waals surface area contributed by atoms with E-state index in [4.69, 9.17) is 4.98 Å². The lowest BCUT2D eigenvalue weighted by molar-refractivity contribution is 0.637. The maximum absolute atomic E-state index is 4.78. The Balaban J connectivity index is 1.91. The molecule has 3 aromatic rings. The molecule has 0 unspecified atom stereocenters. The van der Waals surface area contributed by atoms with Crippen molar-refractivity contribution in [1.82, 2.24) is 19.9 Å². The van der Waals surface area contributed by atoms with Crippen LogP contribution in [0.15, 0.2) is 42.6 Å². The molecule has 2 aromatic heterocycles. The number of rotatable bonds is 1. The van der Waals surface area contributed by atoms with Crippen LogP contribution in [0.3, 0.4) is 0 Å². The summed E-state index contributed by atoms with van der Waals surface area (Å²) in [6.45, 7) is 1.87. The third-order valence-electron chi connectivity index (χ3n) is 3.57. The summed E-state index contributed by atoms with van der Waals surface area (Å²) < 4.78 is 1.89. The molecule has 1 aromatic carbocycles. The monoisotopic (exact) mass is 250 g/mol. The van der Waals surface area contributed by atoms with Gasteiger partial charge in [0.25, 0.3) is 0 Å². The van der Waals surface area contributed by atoms with Crippen LogP contribution in [0, 0.1) is 0 Å². The minimum Gasteiger partial charge on any atom is -0.312 e. The Hall–Kier alpha value is -2.20. The predicted octanol–water partition coefficient (Wildman–Crippen LogP) is 2.04. The van der Waals surface area contributed by atoms with Crippen molar-refractivity contribution in [3.63, 3.8) is 0 Å². The standard InChI is InChI=1S/C15H14N4/c1-2-4-11(5-3-1)13-7-9-19-15(17-13)12-10-16-8-6-14(12)18-19/h1-5,7,9,16H,6,8,10H2. The van der Waals surface area contributed by atoms with Crippen LogP contribution >= 0.6 is 0 Å². The first kappa shape index (κ1) is 10.7. The Morgan fingerprint density at radius 2 is 2.00 bits per heavy atom. The van der Waals surface area contributed by atoms with Gasteiger partial charge in [0.1, 0.15) is 0 Å². The Labute approximate surface area is 111 Å². The Morgan fingerprint density at radius 3 is 2.89 bits per heavy atom. The lowest BCUT2D eigenvalue weighted by Gasteiger charge is -2.10. The lowest BCUT2D eigenvalue weighted by atomic mass is 10.1. The SMILES string of the molecule is c1ccc(-c2ccn3nc4c(c3n2)CNCC4)cc1. The van der Waals surface area contributed by atoms with E-state index in [0.29, 0.717) is 0 Å². The highest BCUT2D eigenvalue weighted by atomic mass is 15.3. The molecule has 4 nitrogen and oxygen atoms in total. The molecule has 0 atom stereocenters. The molecule has 0 saturated carbocycles. The van der Waals surface area contributed by atoms with Crippen LogP contribution in [0.1, 0.15) is 11.3 Å². The number of aromatic nitrogens is 3. The molecule has 4 rings (SSSR count). The molecule has 1 aliphatic rings. The second-order valence-corrected chi connectivity index (χ2v) is 4.80. The van der Waals surface area contributed by atoms with Crippen LogP contribution in [0.25, 0.3) is 16.9 Å². The van der Waals surface area contributed by atoms with Crippen LogP contribution < -0.4 is 5.32 Å². The van der Waals surface area contributed by atoms with Crippen molar-refractivity contribution in [2.75, 3.05) is 6.54 Å². The highest BCUT2D eigenvalue weighted by Gasteiger charge is 2.17. The molecule has 0 radical (unpaired) electrons. The molecular formula is C15H14N4. The van der Waals surface area contributed by atoms with Gasteiger partial charge in [-0.1, -0.05) is 30.3 Å². The van der Waals surface area contributed by atoms with E-state index in [0.717, 1.165) is 36.4 Å². The Bertz CT molecular complexity index is 730. The molecular weight excluding hydrogens is 236 g/mol. The minimum absolute atomic E-state index is 0.865. The summed E-state index contributed by atoms with van der Waals surface area (Å²) in [6.07, 6.45) is 2.99. The fraction of sp³-hybridized carbons (Fsp3) is 0.200. The van der Waals surface area contributed by atoms with E-state index < -0.39 is 0 Å². The van der Waals surface area contributed by atoms with Gasteiger partial charge in [0.15, 0.2) is 5.65 Å². The summed E-state index contributed by atoms with van der Waals surface area (Å²) in [4.78, 5) is 4.78. The molecule has 0 saturated heterocycles. The number of hydrogen-bond acceptors (Lipinski definition) is 3. The Morgan fingerprint density at radius 1 is 1.11 bits per heavy atom. The van der Waals surface area contributed by atoms with E-state index in [9.17, 15) is 0 Å². The predicted molar refractivity (Wildman–Crippen MR) is 73.8 cm³/mol. The number of nitrogens with zero attached hydrogens (tertiary/aromatic N) is 3. The molecule has 4 heteroatoms. The normalized spacial score (nSPS) is 14.5. The van der Waals surface area contributed by atoms with E-state index in [-0.39, 0.29) is 0 Å². The van der Waals surface area contributed by atoms with E-state index in [1.807, 2.05) is 35.0 Å². The number of nitrogens with one attached hydrogen (secondary N) is 1. The molecule has 94 valence electrons. The molecule has 0 spiro atoms. The highest BCUT2D eigenvalue weighted by molar-refractivity contribution is 5.63. The topological polar surface area (TPSA) is 42.2 Å². The number of hydrogen-bond donors (Lipinski definition) is 1. The van der Waals surface area contributed by atoms with Crippen molar-refractivity contribution >= 4 is 5.65 Å². The Kier molecular flexibility index (Phi) is 2.35. The van der Waals surface area contributed by atoms with E-state index in [1.165, 1.54) is 11.3 Å². The zero-order chi connectivity index (χ0) is 12.7. The fourth-order valence-corrected chi connectivity index (χ4v) is 2.59. The van der Waals surface area contributed by atoms with E-state index >= 15 is 0 Å². The first-order valence-corrected chi connectivity index (χ1v) is 6.55. The van der Waals surface area contributed by atoms with Gasteiger partial charge < -0.3 is 5.32 Å². The van der Waals surface area contributed by atoms with Crippen molar-refractivity contribution in [3.8, 4) is 11.3 Å². The van der Waals surface area contributed by atoms with E-state index in [1.54, 1.807) is 0 Å². The second-order valence-electron chi connectivity index (χ2n) is 4.80. The summed E-state index contributed by atoms with van der Waals surface area (Å²) in [5.74, 6) is 0. The lowest BCUT2D eigenvalue weighted by Crippen LogP contribution is -2.23. The quantitative estimate of drug-likeness (QED) is 0.718. The summed E-state index contributed by atoms with van der Waals surface area (Å²) in [7, 11) is 0. The average molecular weight is 250 g/mol. The maximum Gasteiger partial charge on any atom is 0.160 e. The fourth-order valence-electron chi connectivity index (χ4n) is 2.59. The molecule has 19 heavy (non-hydrogen) atoms. The summed E-state index contributed by atoms with van der Waals surface area (Å²) in [6, 6.07) is 12.3. The number of fused-ring (bicyclic) bond motifs is 3. The first-order valence-electron chi connectivity index (χ1n) is 6.55. The summed E-state index contributed by atoms with van der Waals surface area (Å²) >= 11 is 0. The third kappa shape index (κ3) is 1.72. The van der Waals surface area contributed by atoms with Crippen LogP contribution in [-0.2, 0) is 13.0 Å². The second kappa shape index (κ2) is 4.17. The van der Waals surface area contributed by atoms with Gasteiger partial charge in [-0.15, -0.1) is 0 Å². The third-order valence-corrected chi connectivity index (χ3v) is 3.57. The molecule has 0 fully saturated rings. The van der Waals surface area contributed by atoms with Gasteiger partial charge in [-0.05, 0) is 6.07 Å². The zero-order valence-corrected chi connectivity index (χ0v) is 10.5. The van der Waals surface area contributed by atoms with Gasteiger partial charge in [-0.25, -0.2) is 9.50 Å². The van der Waals surface area contributed by atoms with Gasteiger partial charge >= 0.3 is 0 Å². The molecule has 3 heterocycles. The van der Waals surface area contributed by atoms with Crippen molar-refractivity contribution in [2.45, 2.75) is 13.0 Å². The van der Waals surface area contributed by atoms with Crippen molar-refractivity contribution in [1.29, 1.82) is 0 Å². The minimum atomic E-state index is 0.865.